The lowest BCUT2D eigenvalue weighted by atomic mass is 10.3. The number of nitrogens with zero attached hydrogens (tertiary/aromatic N) is 2. The lowest BCUT2D eigenvalue weighted by Crippen LogP contribution is -2.41. The first kappa shape index (κ1) is 12.9. The van der Waals surface area contributed by atoms with Gasteiger partial charge in [0.25, 0.3) is 0 Å². The Morgan fingerprint density at radius 1 is 1.33 bits per heavy atom. The zero-order chi connectivity index (χ0) is 11.1. The Balaban J connectivity index is 2.08. The lowest BCUT2D eigenvalue weighted by Gasteiger charge is -2.27. The molecule has 0 saturated carbocycles. The maximum atomic E-state index is 3.40. The Morgan fingerprint density at radius 2 is 2.00 bits per heavy atom. The van der Waals surface area contributed by atoms with Gasteiger partial charge in [0.15, 0.2) is 0 Å². The summed E-state index contributed by atoms with van der Waals surface area (Å²) in [5.74, 6) is 0. The van der Waals surface area contributed by atoms with E-state index >= 15 is 0 Å². The van der Waals surface area contributed by atoms with Crippen molar-refractivity contribution in [3.05, 3.63) is 0 Å². The molecule has 1 N–H and O–H groups in total. The van der Waals surface area contributed by atoms with Crippen LogP contribution < -0.4 is 5.32 Å². The van der Waals surface area contributed by atoms with E-state index in [0.29, 0.717) is 6.04 Å². The van der Waals surface area contributed by atoms with E-state index in [0.717, 1.165) is 13.1 Å². The van der Waals surface area contributed by atoms with Gasteiger partial charge in [-0.15, -0.1) is 0 Å². The van der Waals surface area contributed by atoms with Gasteiger partial charge >= 0.3 is 0 Å². The summed E-state index contributed by atoms with van der Waals surface area (Å²) in [5.41, 5.74) is 0. The zero-order valence-electron chi connectivity index (χ0n) is 10.6. The Hall–Kier alpha value is -0.120. The van der Waals surface area contributed by atoms with Crippen molar-refractivity contribution in [1.82, 2.24) is 15.1 Å². The fraction of sp³-hybridized carbons (Fsp3) is 1.00. The maximum Gasteiger partial charge on any atom is 0.0189 e. The van der Waals surface area contributed by atoms with Crippen LogP contribution in [0.3, 0.4) is 0 Å². The molecule has 1 heterocycles. The molecular weight excluding hydrogens is 186 g/mol. The largest absolute Gasteiger partial charge is 0.315 e. The van der Waals surface area contributed by atoms with Gasteiger partial charge < -0.3 is 15.1 Å². The molecule has 1 rings (SSSR count). The molecule has 1 fully saturated rings. The Kier molecular flexibility index (Phi) is 6.22. The van der Waals surface area contributed by atoms with Crippen LogP contribution in [-0.2, 0) is 0 Å². The van der Waals surface area contributed by atoms with Gasteiger partial charge in [-0.05, 0) is 46.4 Å². The van der Waals surface area contributed by atoms with Gasteiger partial charge in [0.05, 0.1) is 0 Å². The lowest BCUT2D eigenvalue weighted by molar-refractivity contribution is 0.212. The van der Waals surface area contributed by atoms with Crippen molar-refractivity contribution in [2.45, 2.75) is 32.7 Å². The maximum absolute atomic E-state index is 3.40. The van der Waals surface area contributed by atoms with E-state index in [1.54, 1.807) is 0 Å². The van der Waals surface area contributed by atoms with Crippen LogP contribution >= 0.6 is 0 Å². The number of nitrogens with one attached hydrogen (secondary N) is 1. The smallest absolute Gasteiger partial charge is 0.0189 e. The summed E-state index contributed by atoms with van der Waals surface area (Å²) in [7, 11) is 2.23. The molecule has 1 atom stereocenters. The molecule has 0 aliphatic carbocycles. The molecule has 1 saturated heterocycles. The third kappa shape index (κ3) is 4.96. The van der Waals surface area contributed by atoms with Crippen molar-refractivity contribution in [2.75, 3.05) is 46.3 Å². The van der Waals surface area contributed by atoms with Crippen LogP contribution in [0.5, 0.6) is 0 Å². The van der Waals surface area contributed by atoms with E-state index in [2.05, 4.69) is 36.0 Å². The van der Waals surface area contributed by atoms with Gasteiger partial charge in [-0.3, -0.25) is 0 Å². The molecule has 90 valence electrons. The van der Waals surface area contributed by atoms with Gasteiger partial charge in [-0.25, -0.2) is 0 Å². The molecule has 1 aliphatic rings. The predicted molar refractivity (Wildman–Crippen MR) is 66.3 cm³/mol. The summed E-state index contributed by atoms with van der Waals surface area (Å²) in [6, 6.07) is 0.646. The average molecular weight is 213 g/mol. The Bertz CT molecular complexity index is 155. The summed E-state index contributed by atoms with van der Waals surface area (Å²) in [6.07, 6.45) is 2.80. The van der Waals surface area contributed by atoms with Crippen molar-refractivity contribution in [2.24, 2.45) is 0 Å². The van der Waals surface area contributed by atoms with Gasteiger partial charge in [-0.2, -0.15) is 0 Å². The Morgan fingerprint density at radius 3 is 2.60 bits per heavy atom. The molecule has 0 aromatic carbocycles. The number of hydrogen-bond acceptors (Lipinski definition) is 3. The van der Waals surface area contributed by atoms with E-state index in [4.69, 9.17) is 0 Å². The third-order valence-electron chi connectivity index (χ3n) is 3.41. The van der Waals surface area contributed by atoms with Gasteiger partial charge in [0.1, 0.15) is 0 Å². The standard InChI is InChI=1S/C12H27N3/c1-4-13-11-12(2)14(3)9-10-15-7-5-6-8-15/h12-13H,4-11H2,1-3H3. The molecule has 0 aromatic heterocycles. The Labute approximate surface area is 94.8 Å². The van der Waals surface area contributed by atoms with E-state index in [-0.39, 0.29) is 0 Å². The first-order valence-electron chi connectivity index (χ1n) is 6.37. The minimum Gasteiger partial charge on any atom is -0.315 e. The SMILES string of the molecule is CCNCC(C)N(C)CCN1CCCC1. The van der Waals surface area contributed by atoms with Crippen LogP contribution in [0.4, 0.5) is 0 Å². The summed E-state index contributed by atoms with van der Waals surface area (Å²) >= 11 is 0. The van der Waals surface area contributed by atoms with E-state index in [9.17, 15) is 0 Å². The second-order valence-corrected chi connectivity index (χ2v) is 4.69. The molecule has 3 nitrogen and oxygen atoms in total. The van der Waals surface area contributed by atoms with E-state index in [1.165, 1.54) is 39.0 Å². The van der Waals surface area contributed by atoms with Crippen molar-refractivity contribution in [3.8, 4) is 0 Å². The van der Waals surface area contributed by atoms with Crippen molar-refractivity contribution in [3.63, 3.8) is 0 Å². The number of hydrogen-bond donors (Lipinski definition) is 1. The van der Waals surface area contributed by atoms with Crippen LogP contribution in [0.2, 0.25) is 0 Å². The van der Waals surface area contributed by atoms with E-state index in [1.807, 2.05) is 0 Å². The van der Waals surface area contributed by atoms with Crippen molar-refractivity contribution in [1.29, 1.82) is 0 Å². The van der Waals surface area contributed by atoms with Gasteiger partial charge in [0, 0.05) is 25.7 Å². The highest BCUT2D eigenvalue weighted by Gasteiger charge is 2.13. The molecule has 0 bridgehead atoms. The topological polar surface area (TPSA) is 18.5 Å². The van der Waals surface area contributed by atoms with Gasteiger partial charge in [0.2, 0.25) is 0 Å². The summed E-state index contributed by atoms with van der Waals surface area (Å²) in [4.78, 5) is 5.04. The quantitative estimate of drug-likeness (QED) is 0.681. The van der Waals surface area contributed by atoms with Gasteiger partial charge in [-0.1, -0.05) is 6.92 Å². The third-order valence-corrected chi connectivity index (χ3v) is 3.41. The first-order valence-corrected chi connectivity index (χ1v) is 6.37. The predicted octanol–water partition coefficient (Wildman–Crippen LogP) is 1.01. The summed E-state index contributed by atoms with van der Waals surface area (Å²) in [5, 5.41) is 3.40. The molecule has 0 amide bonds. The second-order valence-electron chi connectivity index (χ2n) is 4.69. The monoisotopic (exact) mass is 213 g/mol. The number of rotatable bonds is 7. The molecule has 0 radical (unpaired) electrons. The molecule has 15 heavy (non-hydrogen) atoms. The molecule has 1 aliphatic heterocycles. The first-order chi connectivity index (χ1) is 7.24. The van der Waals surface area contributed by atoms with Crippen molar-refractivity contribution >= 4 is 0 Å². The molecular formula is C12H27N3. The number of likely N-dealkylation sites (tertiary alicyclic amines) is 1. The molecule has 3 heteroatoms. The minimum atomic E-state index is 0.646. The highest BCUT2D eigenvalue weighted by atomic mass is 15.2. The fourth-order valence-electron chi connectivity index (χ4n) is 2.03. The van der Waals surface area contributed by atoms with Crippen LogP contribution in [0.25, 0.3) is 0 Å². The fourth-order valence-corrected chi connectivity index (χ4v) is 2.03. The number of likely N-dealkylation sites (N-methyl/N-ethyl adjacent to an activating group) is 2. The van der Waals surface area contributed by atoms with Crippen LogP contribution in [-0.4, -0.2) is 62.2 Å². The van der Waals surface area contributed by atoms with E-state index < -0.39 is 0 Å². The van der Waals surface area contributed by atoms with Crippen LogP contribution in [0.15, 0.2) is 0 Å². The second kappa shape index (κ2) is 7.20. The normalized spacial score (nSPS) is 20.0. The van der Waals surface area contributed by atoms with Crippen LogP contribution in [0.1, 0.15) is 26.7 Å². The summed E-state index contributed by atoms with van der Waals surface area (Å²) in [6.45, 7) is 11.7. The molecule has 1 unspecified atom stereocenters. The average Bonchev–Trinajstić information content (AvgIpc) is 2.75. The zero-order valence-corrected chi connectivity index (χ0v) is 10.6. The minimum absolute atomic E-state index is 0.646. The highest BCUT2D eigenvalue weighted by molar-refractivity contribution is 4.70. The molecule has 0 spiro atoms. The summed E-state index contributed by atoms with van der Waals surface area (Å²) < 4.78 is 0. The van der Waals surface area contributed by atoms with Crippen LogP contribution in [0, 0.1) is 0 Å². The highest BCUT2D eigenvalue weighted by Crippen LogP contribution is 2.06. The molecule has 0 aromatic rings. The van der Waals surface area contributed by atoms with Crippen molar-refractivity contribution < 1.29 is 0 Å².